The third kappa shape index (κ3) is 1.67. The molecule has 1 aromatic rings. The van der Waals surface area contributed by atoms with Crippen molar-refractivity contribution in [3.05, 3.63) is 23.8 Å². The van der Waals surface area contributed by atoms with E-state index in [9.17, 15) is 0 Å². The van der Waals surface area contributed by atoms with Crippen LogP contribution in [0, 0.1) is 11.3 Å². The molecule has 0 heterocycles. The second kappa shape index (κ2) is 3.63. The van der Waals surface area contributed by atoms with Gasteiger partial charge in [-0.3, -0.25) is 0 Å². The Morgan fingerprint density at radius 3 is 2.83 bits per heavy atom. The van der Waals surface area contributed by atoms with Gasteiger partial charge in [-0.15, -0.1) is 0 Å². The number of rotatable bonds is 1. The van der Waals surface area contributed by atoms with Crippen molar-refractivity contribution < 1.29 is 0 Å². The number of nitriles is 1. The number of hydrogen-bond donors (Lipinski definition) is 1. The fourth-order valence-corrected chi connectivity index (χ4v) is 0.888. The largest absolute Gasteiger partial charge is 0.399 e. The fourth-order valence-electron chi connectivity index (χ4n) is 0.790. The van der Waals surface area contributed by atoms with Crippen LogP contribution >= 0.6 is 12.2 Å². The molecule has 58 valence electrons. The van der Waals surface area contributed by atoms with Gasteiger partial charge in [0.2, 0.25) is 0 Å². The van der Waals surface area contributed by atoms with E-state index in [0.29, 0.717) is 16.9 Å². The monoisotopic (exact) mass is 175 g/mol. The Bertz CT molecular complexity index is 386. The molecule has 0 unspecified atom stereocenters. The molecule has 0 saturated carbocycles. The van der Waals surface area contributed by atoms with E-state index >= 15 is 0 Å². The van der Waals surface area contributed by atoms with E-state index in [0.717, 1.165) is 0 Å². The van der Waals surface area contributed by atoms with Gasteiger partial charge in [0.25, 0.3) is 0 Å². The summed E-state index contributed by atoms with van der Waals surface area (Å²) in [7, 11) is 0. The number of thiocarbonyl (C=S) groups is 1. The smallest absolute Gasteiger partial charge is 0.102 e. The van der Waals surface area contributed by atoms with E-state index in [-0.39, 0.29) is 0 Å². The van der Waals surface area contributed by atoms with Gasteiger partial charge in [-0.25, -0.2) is 0 Å². The maximum absolute atomic E-state index is 8.64. The summed E-state index contributed by atoms with van der Waals surface area (Å²) in [6.45, 7) is 0. The molecule has 0 fully saturated rings. The van der Waals surface area contributed by atoms with E-state index in [1.807, 2.05) is 6.07 Å². The molecule has 0 amide bonds. The quantitative estimate of drug-likeness (QED) is 0.402. The third-order valence-electron chi connectivity index (χ3n) is 1.31. The zero-order valence-corrected chi connectivity index (χ0v) is 6.93. The first-order valence-electron chi connectivity index (χ1n) is 3.15. The zero-order chi connectivity index (χ0) is 8.97. The van der Waals surface area contributed by atoms with Crippen molar-refractivity contribution in [2.45, 2.75) is 0 Å². The van der Waals surface area contributed by atoms with Crippen LogP contribution in [-0.4, -0.2) is 5.16 Å². The van der Waals surface area contributed by atoms with Crippen molar-refractivity contribution in [2.75, 3.05) is 5.73 Å². The first-order chi connectivity index (χ1) is 5.77. The van der Waals surface area contributed by atoms with Crippen LogP contribution in [0.25, 0.3) is 0 Å². The summed E-state index contributed by atoms with van der Waals surface area (Å²) >= 11 is 4.42. The van der Waals surface area contributed by atoms with Gasteiger partial charge in [0.15, 0.2) is 0 Å². The van der Waals surface area contributed by atoms with E-state index in [1.165, 1.54) is 0 Å². The van der Waals surface area contributed by atoms with Gasteiger partial charge in [-0.05, 0) is 30.4 Å². The van der Waals surface area contributed by atoms with Gasteiger partial charge in [0.05, 0.1) is 16.4 Å². The number of anilines is 1. The summed E-state index contributed by atoms with van der Waals surface area (Å²) in [6, 6.07) is 6.80. The minimum atomic E-state index is 0.410. The number of nitrogen functional groups attached to an aromatic ring is 1. The number of benzene rings is 1. The Morgan fingerprint density at radius 2 is 2.25 bits per heavy atom. The number of hydrogen-bond acceptors (Lipinski definition) is 4. The van der Waals surface area contributed by atoms with Gasteiger partial charge in [0.1, 0.15) is 6.07 Å². The molecule has 0 aliphatic rings. The molecule has 3 nitrogen and oxygen atoms in total. The Morgan fingerprint density at radius 1 is 1.50 bits per heavy atom. The summed E-state index contributed by atoms with van der Waals surface area (Å²) in [6.07, 6.45) is 0. The SMILES string of the molecule is N#Cc1cc(N)ccc1N=C=S. The van der Waals surface area contributed by atoms with Crippen molar-refractivity contribution in [1.82, 2.24) is 0 Å². The Balaban J connectivity index is 3.31. The molecule has 0 saturated heterocycles. The maximum Gasteiger partial charge on any atom is 0.102 e. The van der Waals surface area contributed by atoms with Gasteiger partial charge < -0.3 is 5.73 Å². The lowest BCUT2D eigenvalue weighted by atomic mass is 10.2. The van der Waals surface area contributed by atoms with Gasteiger partial charge in [0, 0.05) is 5.69 Å². The topological polar surface area (TPSA) is 62.2 Å². The van der Waals surface area contributed by atoms with Crippen LogP contribution in [-0.2, 0) is 0 Å². The highest BCUT2D eigenvalue weighted by Crippen LogP contribution is 2.19. The van der Waals surface area contributed by atoms with Crippen molar-refractivity contribution in [2.24, 2.45) is 4.99 Å². The van der Waals surface area contributed by atoms with E-state index in [2.05, 4.69) is 22.4 Å². The highest BCUT2D eigenvalue weighted by Gasteiger charge is 1.99. The average Bonchev–Trinajstić information content (AvgIpc) is 2.08. The zero-order valence-electron chi connectivity index (χ0n) is 6.11. The van der Waals surface area contributed by atoms with Crippen LogP contribution in [0.4, 0.5) is 11.4 Å². The molecule has 0 spiro atoms. The molecule has 0 bridgehead atoms. The highest BCUT2D eigenvalue weighted by molar-refractivity contribution is 7.78. The molecule has 0 radical (unpaired) electrons. The number of aliphatic imine (C=N–C) groups is 1. The predicted octanol–water partition coefficient (Wildman–Crippen LogP) is 1.87. The highest BCUT2D eigenvalue weighted by atomic mass is 32.1. The summed E-state index contributed by atoms with van der Waals surface area (Å²) in [5.41, 5.74) is 6.91. The molecule has 4 heteroatoms. The third-order valence-corrected chi connectivity index (χ3v) is 1.40. The van der Waals surface area contributed by atoms with Crippen LogP contribution in [0.15, 0.2) is 23.2 Å². The standard InChI is InChI=1S/C8H5N3S/c9-4-6-3-7(10)1-2-8(6)11-5-12/h1-3H,10H2. The summed E-state index contributed by atoms with van der Waals surface area (Å²) in [5, 5.41) is 10.8. The Labute approximate surface area is 75.1 Å². The lowest BCUT2D eigenvalue weighted by Gasteiger charge is -1.96. The van der Waals surface area contributed by atoms with E-state index in [1.54, 1.807) is 18.2 Å². The van der Waals surface area contributed by atoms with Crippen molar-refractivity contribution in [1.29, 1.82) is 5.26 Å². The minimum absolute atomic E-state index is 0.410. The van der Waals surface area contributed by atoms with E-state index in [4.69, 9.17) is 11.0 Å². The van der Waals surface area contributed by atoms with Crippen LogP contribution in [0.5, 0.6) is 0 Å². The Kier molecular flexibility index (Phi) is 2.54. The molecule has 0 atom stereocenters. The first kappa shape index (κ1) is 8.41. The van der Waals surface area contributed by atoms with Gasteiger partial charge >= 0.3 is 0 Å². The van der Waals surface area contributed by atoms with Crippen LogP contribution in [0.3, 0.4) is 0 Å². The number of nitrogens with zero attached hydrogens (tertiary/aromatic N) is 2. The second-order valence-electron chi connectivity index (χ2n) is 2.09. The molecular weight excluding hydrogens is 170 g/mol. The van der Waals surface area contributed by atoms with E-state index < -0.39 is 0 Å². The van der Waals surface area contributed by atoms with Gasteiger partial charge in [-0.1, -0.05) is 0 Å². The number of isothiocyanates is 1. The summed E-state index contributed by atoms with van der Waals surface area (Å²) < 4.78 is 0. The van der Waals surface area contributed by atoms with Crippen molar-refractivity contribution in [3.63, 3.8) is 0 Å². The lowest BCUT2D eigenvalue weighted by Crippen LogP contribution is -1.85. The maximum atomic E-state index is 8.64. The molecule has 1 rings (SSSR count). The average molecular weight is 175 g/mol. The second-order valence-corrected chi connectivity index (χ2v) is 2.27. The number of nitrogens with two attached hydrogens (primary N) is 1. The molecule has 12 heavy (non-hydrogen) atoms. The first-order valence-corrected chi connectivity index (χ1v) is 3.56. The summed E-state index contributed by atoms with van der Waals surface area (Å²) in [5.74, 6) is 0. The molecule has 1 aromatic carbocycles. The van der Waals surface area contributed by atoms with Crippen molar-refractivity contribution >= 4 is 28.8 Å². The van der Waals surface area contributed by atoms with Crippen LogP contribution in [0.1, 0.15) is 5.56 Å². The van der Waals surface area contributed by atoms with Crippen LogP contribution < -0.4 is 5.73 Å². The lowest BCUT2D eigenvalue weighted by molar-refractivity contribution is 1.45. The van der Waals surface area contributed by atoms with Gasteiger partial charge in [-0.2, -0.15) is 10.3 Å². The van der Waals surface area contributed by atoms with Crippen molar-refractivity contribution in [3.8, 4) is 6.07 Å². The fraction of sp³-hybridized carbons (Fsp3) is 0. The molecule has 2 N–H and O–H groups in total. The predicted molar refractivity (Wildman–Crippen MR) is 50.3 cm³/mol. The van der Waals surface area contributed by atoms with Crippen LogP contribution in [0.2, 0.25) is 0 Å². The summed E-state index contributed by atoms with van der Waals surface area (Å²) in [4.78, 5) is 3.71. The molecule has 0 aliphatic heterocycles. The minimum Gasteiger partial charge on any atom is -0.399 e. The normalized spacial score (nSPS) is 8.25. The Hall–Kier alpha value is -1.69. The molecule has 0 aromatic heterocycles. The molecule has 0 aliphatic carbocycles. The molecular formula is C8H5N3S.